The Kier molecular flexibility index (Phi) is 2.80. The lowest BCUT2D eigenvalue weighted by molar-refractivity contribution is -0.134. The lowest BCUT2D eigenvalue weighted by Gasteiger charge is -2.00. The Hall–Kier alpha value is -1.38. The summed E-state index contributed by atoms with van der Waals surface area (Å²) in [7, 11) is 0. The summed E-state index contributed by atoms with van der Waals surface area (Å²) in [4.78, 5) is 14.8. The van der Waals surface area contributed by atoms with E-state index in [9.17, 15) is 4.79 Å². The minimum Gasteiger partial charge on any atom is -0.425 e. The maximum atomic E-state index is 10.8. The van der Waals surface area contributed by atoms with E-state index in [2.05, 4.69) is 4.98 Å². The van der Waals surface area contributed by atoms with E-state index in [1.54, 1.807) is 25.3 Å². The molecular formula is C9H11NO2. The fraction of sp³-hybridized carbons (Fsp3) is 0.333. The number of hydrogen-bond donors (Lipinski definition) is 0. The van der Waals surface area contributed by atoms with E-state index in [4.69, 9.17) is 4.74 Å². The van der Waals surface area contributed by atoms with Crippen molar-refractivity contribution in [3.63, 3.8) is 0 Å². The molecule has 0 bridgehead atoms. The molecular weight excluding hydrogens is 154 g/mol. The molecule has 0 aliphatic heterocycles. The van der Waals surface area contributed by atoms with Gasteiger partial charge in [-0.15, -0.1) is 0 Å². The van der Waals surface area contributed by atoms with Gasteiger partial charge in [-0.05, 0) is 19.1 Å². The molecule has 1 aromatic rings. The number of nitrogens with zero attached hydrogens (tertiary/aromatic N) is 1. The normalized spacial score (nSPS) is 9.50. The van der Waals surface area contributed by atoms with Gasteiger partial charge in [-0.1, -0.05) is 6.92 Å². The summed E-state index contributed by atoms with van der Waals surface area (Å²) in [5.74, 6) is 0.271. The number of ether oxygens (including phenoxy) is 1. The fourth-order valence-corrected chi connectivity index (χ4v) is 0.718. The monoisotopic (exact) mass is 165 g/mol. The van der Waals surface area contributed by atoms with Gasteiger partial charge in [0.25, 0.3) is 0 Å². The van der Waals surface area contributed by atoms with Gasteiger partial charge in [0.2, 0.25) is 0 Å². The van der Waals surface area contributed by atoms with Crippen LogP contribution in [0.4, 0.5) is 0 Å². The Morgan fingerprint density at radius 1 is 1.58 bits per heavy atom. The second-order valence-electron chi connectivity index (χ2n) is 2.46. The first kappa shape index (κ1) is 8.71. The lowest BCUT2D eigenvalue weighted by atomic mass is 10.4. The van der Waals surface area contributed by atoms with Crippen molar-refractivity contribution in [3.05, 3.63) is 24.0 Å². The van der Waals surface area contributed by atoms with Crippen LogP contribution < -0.4 is 4.74 Å². The highest BCUT2D eigenvalue weighted by molar-refractivity contribution is 5.71. The number of rotatable bonds is 2. The third-order valence-electron chi connectivity index (χ3n) is 1.40. The number of esters is 1. The van der Waals surface area contributed by atoms with E-state index in [0.717, 1.165) is 5.69 Å². The first-order chi connectivity index (χ1) is 5.72. The number of carbonyl (C=O) groups excluding carboxylic acids is 1. The average molecular weight is 165 g/mol. The third kappa shape index (κ3) is 2.34. The summed E-state index contributed by atoms with van der Waals surface area (Å²) in [5, 5.41) is 0. The molecule has 0 atom stereocenters. The summed E-state index contributed by atoms with van der Waals surface area (Å²) >= 11 is 0. The average Bonchev–Trinajstić information content (AvgIpc) is 2.09. The van der Waals surface area contributed by atoms with Gasteiger partial charge < -0.3 is 4.74 Å². The largest absolute Gasteiger partial charge is 0.425 e. The summed E-state index contributed by atoms with van der Waals surface area (Å²) < 4.78 is 4.92. The predicted octanol–water partition coefficient (Wildman–Crippen LogP) is 1.71. The summed E-state index contributed by atoms with van der Waals surface area (Å²) in [6, 6.07) is 3.54. The molecule has 0 saturated carbocycles. The SMILES string of the molecule is CCC(=O)Oc1ccc(C)nc1. The van der Waals surface area contributed by atoms with Crippen LogP contribution in [0.15, 0.2) is 18.3 Å². The second kappa shape index (κ2) is 3.85. The van der Waals surface area contributed by atoms with Gasteiger partial charge in [0.05, 0.1) is 6.20 Å². The lowest BCUT2D eigenvalue weighted by Crippen LogP contribution is -2.05. The molecule has 1 aromatic heterocycles. The molecule has 0 aliphatic rings. The highest BCUT2D eigenvalue weighted by Gasteiger charge is 2.00. The van der Waals surface area contributed by atoms with Crippen LogP contribution in [0.5, 0.6) is 5.75 Å². The number of aromatic nitrogens is 1. The van der Waals surface area contributed by atoms with Gasteiger partial charge >= 0.3 is 5.97 Å². The molecule has 0 saturated heterocycles. The maximum absolute atomic E-state index is 10.8. The number of pyridine rings is 1. The van der Waals surface area contributed by atoms with Crippen molar-refractivity contribution in [2.75, 3.05) is 0 Å². The highest BCUT2D eigenvalue weighted by Crippen LogP contribution is 2.08. The molecule has 0 amide bonds. The quantitative estimate of drug-likeness (QED) is 0.626. The van der Waals surface area contributed by atoms with Crippen LogP contribution in [-0.2, 0) is 4.79 Å². The molecule has 12 heavy (non-hydrogen) atoms. The number of aryl methyl sites for hydroxylation is 1. The number of carbonyl (C=O) groups is 1. The van der Waals surface area contributed by atoms with Crippen molar-refractivity contribution in [1.82, 2.24) is 4.98 Å². The van der Waals surface area contributed by atoms with Crippen molar-refractivity contribution >= 4 is 5.97 Å². The van der Waals surface area contributed by atoms with Crippen molar-refractivity contribution in [2.45, 2.75) is 20.3 Å². The fourth-order valence-electron chi connectivity index (χ4n) is 0.718. The predicted molar refractivity (Wildman–Crippen MR) is 44.9 cm³/mol. The molecule has 0 fully saturated rings. The molecule has 0 aliphatic carbocycles. The zero-order chi connectivity index (χ0) is 8.97. The highest BCUT2D eigenvalue weighted by atomic mass is 16.5. The van der Waals surface area contributed by atoms with Gasteiger partial charge in [-0.3, -0.25) is 9.78 Å². The molecule has 0 unspecified atom stereocenters. The number of hydrogen-bond acceptors (Lipinski definition) is 3. The van der Waals surface area contributed by atoms with E-state index < -0.39 is 0 Å². The van der Waals surface area contributed by atoms with Crippen LogP contribution in [-0.4, -0.2) is 11.0 Å². The molecule has 0 aromatic carbocycles. The Morgan fingerprint density at radius 2 is 2.33 bits per heavy atom. The van der Waals surface area contributed by atoms with Crippen LogP contribution in [0.25, 0.3) is 0 Å². The van der Waals surface area contributed by atoms with Crippen molar-refractivity contribution in [2.24, 2.45) is 0 Å². The Morgan fingerprint density at radius 3 is 2.83 bits per heavy atom. The molecule has 3 heteroatoms. The first-order valence-corrected chi connectivity index (χ1v) is 3.85. The topological polar surface area (TPSA) is 39.2 Å². The zero-order valence-corrected chi connectivity index (χ0v) is 7.20. The van der Waals surface area contributed by atoms with E-state index in [1.807, 2.05) is 6.92 Å². The first-order valence-electron chi connectivity index (χ1n) is 3.85. The Bertz CT molecular complexity index is 266. The van der Waals surface area contributed by atoms with Crippen molar-refractivity contribution in [3.8, 4) is 5.75 Å². The van der Waals surface area contributed by atoms with E-state index in [-0.39, 0.29) is 5.97 Å². The molecule has 1 rings (SSSR count). The zero-order valence-electron chi connectivity index (χ0n) is 7.20. The van der Waals surface area contributed by atoms with Gasteiger partial charge in [-0.25, -0.2) is 0 Å². The van der Waals surface area contributed by atoms with Crippen LogP contribution in [0, 0.1) is 6.92 Å². The van der Waals surface area contributed by atoms with Crippen LogP contribution in [0.2, 0.25) is 0 Å². The standard InChI is InChI=1S/C9H11NO2/c1-3-9(11)12-8-5-4-7(2)10-6-8/h4-6H,3H2,1-2H3. The molecule has 0 radical (unpaired) electrons. The molecule has 0 N–H and O–H groups in total. The minimum absolute atomic E-state index is 0.236. The third-order valence-corrected chi connectivity index (χ3v) is 1.40. The summed E-state index contributed by atoms with van der Waals surface area (Å²) in [6.07, 6.45) is 1.93. The van der Waals surface area contributed by atoms with Crippen molar-refractivity contribution in [1.29, 1.82) is 0 Å². The maximum Gasteiger partial charge on any atom is 0.310 e. The minimum atomic E-state index is -0.236. The second-order valence-corrected chi connectivity index (χ2v) is 2.46. The Labute approximate surface area is 71.4 Å². The van der Waals surface area contributed by atoms with Crippen molar-refractivity contribution < 1.29 is 9.53 Å². The summed E-state index contributed by atoms with van der Waals surface area (Å²) in [5.41, 5.74) is 0.909. The van der Waals surface area contributed by atoms with Crippen LogP contribution in [0.1, 0.15) is 19.0 Å². The summed E-state index contributed by atoms with van der Waals surface area (Å²) in [6.45, 7) is 3.63. The van der Waals surface area contributed by atoms with E-state index in [1.165, 1.54) is 0 Å². The molecule has 0 spiro atoms. The Balaban J connectivity index is 2.64. The smallest absolute Gasteiger partial charge is 0.310 e. The van der Waals surface area contributed by atoms with Gasteiger partial charge in [0.1, 0.15) is 5.75 Å². The van der Waals surface area contributed by atoms with Gasteiger partial charge in [-0.2, -0.15) is 0 Å². The van der Waals surface area contributed by atoms with E-state index >= 15 is 0 Å². The molecule has 1 heterocycles. The van der Waals surface area contributed by atoms with Gasteiger partial charge in [0.15, 0.2) is 0 Å². The van der Waals surface area contributed by atoms with E-state index in [0.29, 0.717) is 12.2 Å². The van der Waals surface area contributed by atoms with Gasteiger partial charge in [0, 0.05) is 12.1 Å². The molecule has 64 valence electrons. The van der Waals surface area contributed by atoms with Crippen LogP contribution >= 0.6 is 0 Å². The molecule has 3 nitrogen and oxygen atoms in total. The van der Waals surface area contributed by atoms with Crippen LogP contribution in [0.3, 0.4) is 0 Å².